The molecule has 1 rings (SSSR count). The van der Waals surface area contributed by atoms with Gasteiger partial charge in [-0.3, -0.25) is 0 Å². The minimum absolute atomic E-state index is 0.0198. The third kappa shape index (κ3) is 13.9. The van der Waals surface area contributed by atoms with Gasteiger partial charge in [0.2, 0.25) is 0 Å². The quantitative estimate of drug-likeness (QED) is 0.234. The van der Waals surface area contributed by atoms with Crippen LogP contribution in [0.25, 0.3) is 0 Å². The van der Waals surface area contributed by atoms with Crippen molar-refractivity contribution in [3.05, 3.63) is 0 Å². The van der Waals surface area contributed by atoms with Gasteiger partial charge in [0.25, 0.3) is 0 Å². The maximum atomic E-state index is 6.06. The maximum absolute atomic E-state index is 6.06. The molecule has 0 aromatic carbocycles. The van der Waals surface area contributed by atoms with Crippen LogP contribution in [0, 0.1) is 11.8 Å². The van der Waals surface area contributed by atoms with Crippen LogP contribution < -0.4 is 11.1 Å². The highest BCUT2D eigenvalue weighted by molar-refractivity contribution is 4.70. The molecule has 1 unspecified atom stereocenters. The van der Waals surface area contributed by atoms with Gasteiger partial charge in [0.05, 0.1) is 33.2 Å². The number of nitrogens with two attached hydrogens (primary N) is 2. The number of rotatable bonds is 18. The summed E-state index contributed by atoms with van der Waals surface area (Å²) in [6, 6.07) is 0. The van der Waals surface area contributed by atoms with Gasteiger partial charge in [-0.25, -0.2) is 4.59 Å². The number of quaternary nitrogens is 2. The van der Waals surface area contributed by atoms with Crippen molar-refractivity contribution >= 4 is 0 Å². The molecule has 0 aliphatic carbocycles. The molecule has 0 aromatic rings. The lowest BCUT2D eigenvalue weighted by Gasteiger charge is -2.44. The normalized spacial score (nSPS) is 23.4. The highest BCUT2D eigenvalue weighted by Gasteiger charge is 2.32. The number of piperidine rings is 1. The molecule has 1 aliphatic heterocycles. The average Bonchev–Trinajstić information content (AvgIpc) is 2.70. The van der Waals surface area contributed by atoms with Crippen LogP contribution in [0.1, 0.15) is 111 Å². The van der Waals surface area contributed by atoms with E-state index in [1.807, 2.05) is 0 Å². The molecule has 1 atom stereocenters. The summed E-state index contributed by atoms with van der Waals surface area (Å²) in [7, 11) is 6.86. The van der Waals surface area contributed by atoms with Crippen molar-refractivity contribution in [1.29, 1.82) is 0 Å². The fraction of sp³-hybridized carbons (Fsp3) is 1.00. The van der Waals surface area contributed by atoms with Gasteiger partial charge in [-0.05, 0) is 57.8 Å². The highest BCUT2D eigenvalue weighted by atomic mass is 15.7. The number of unbranched alkanes of at least 4 members (excludes halogenated alkanes) is 4. The predicted octanol–water partition coefficient (Wildman–Crippen LogP) is 4.94. The van der Waals surface area contributed by atoms with Gasteiger partial charge in [-0.2, -0.15) is 5.01 Å². The van der Waals surface area contributed by atoms with Gasteiger partial charge in [0.1, 0.15) is 0 Å². The van der Waals surface area contributed by atoms with E-state index in [9.17, 15) is 0 Å². The summed E-state index contributed by atoms with van der Waals surface area (Å²) < 4.78 is 1.14. The molecule has 0 radical (unpaired) electrons. The van der Waals surface area contributed by atoms with Gasteiger partial charge in [0, 0.05) is 32.5 Å². The monoisotopic (exact) mass is 440 g/mol. The Morgan fingerprint density at radius 1 is 0.935 bits per heavy atom. The molecule has 1 saturated heterocycles. The third-order valence-electron chi connectivity index (χ3n) is 7.93. The molecule has 1 fully saturated rings. The van der Waals surface area contributed by atoms with Crippen molar-refractivity contribution in [2.75, 3.05) is 47.3 Å². The summed E-state index contributed by atoms with van der Waals surface area (Å²) in [5, 5.41) is 4.99. The molecule has 0 spiro atoms. The standard InChI is InChI=1S/C27H59N4/c1-7-14-25(15-13-16-26-18-23-31(6,24-19-26)30(4)5)17-22-29-21-12-10-8-9-11-20-27(2,3)28/h25-26,29H,7-24,28H2,1-6H3/q+1/p+1. The molecule has 0 bridgehead atoms. The Kier molecular flexibility index (Phi) is 14.6. The van der Waals surface area contributed by atoms with E-state index >= 15 is 0 Å². The Morgan fingerprint density at radius 2 is 1.58 bits per heavy atom. The predicted molar refractivity (Wildman–Crippen MR) is 137 cm³/mol. The zero-order valence-corrected chi connectivity index (χ0v) is 22.4. The first-order valence-electron chi connectivity index (χ1n) is 13.8. The van der Waals surface area contributed by atoms with E-state index in [0.29, 0.717) is 0 Å². The summed E-state index contributed by atoms with van der Waals surface area (Å²) in [6.07, 6.45) is 19.4. The Labute approximate surface area is 196 Å². The van der Waals surface area contributed by atoms with Crippen molar-refractivity contribution < 1.29 is 9.91 Å². The zero-order chi connectivity index (χ0) is 23.2. The fourth-order valence-electron chi connectivity index (χ4n) is 5.30. The van der Waals surface area contributed by atoms with Crippen molar-refractivity contribution in [2.45, 2.75) is 116 Å². The van der Waals surface area contributed by atoms with Crippen molar-refractivity contribution in [1.82, 2.24) is 5.01 Å². The zero-order valence-electron chi connectivity index (χ0n) is 22.4. The largest absolute Gasteiger partial charge is 0.346 e. The smallest absolute Gasteiger partial charge is 0.0964 e. The second kappa shape index (κ2) is 15.6. The van der Waals surface area contributed by atoms with Crippen LogP contribution in [0.4, 0.5) is 0 Å². The Hall–Kier alpha value is -0.160. The van der Waals surface area contributed by atoms with Gasteiger partial charge in [0.15, 0.2) is 0 Å². The lowest BCUT2D eigenvalue weighted by Crippen LogP contribution is -2.84. The number of likely N-dealkylation sites (tertiary alicyclic amines) is 1. The minimum atomic E-state index is 0.0198. The molecule has 0 amide bonds. The first-order chi connectivity index (χ1) is 14.7. The van der Waals surface area contributed by atoms with Crippen LogP contribution in [0.5, 0.6) is 0 Å². The number of nitrogens with zero attached hydrogens (tertiary/aromatic N) is 2. The van der Waals surface area contributed by atoms with E-state index in [4.69, 9.17) is 5.73 Å². The molecule has 4 heteroatoms. The van der Waals surface area contributed by atoms with Crippen LogP contribution in [0.3, 0.4) is 0 Å². The molecule has 186 valence electrons. The summed E-state index contributed by atoms with van der Waals surface area (Å²) >= 11 is 0. The Bertz CT molecular complexity index is 421. The number of hydrogen-bond donors (Lipinski definition) is 2. The first-order valence-corrected chi connectivity index (χ1v) is 13.8. The summed E-state index contributed by atoms with van der Waals surface area (Å²) in [5.74, 6) is 1.95. The van der Waals surface area contributed by atoms with E-state index in [1.165, 1.54) is 110 Å². The molecule has 1 aliphatic rings. The Morgan fingerprint density at radius 3 is 2.19 bits per heavy atom. The van der Waals surface area contributed by atoms with Gasteiger partial charge in [-0.1, -0.05) is 51.9 Å². The molecule has 0 saturated carbocycles. The SMILES string of the molecule is CCCC(CCCC1CC[N+](C)(N(C)C)CC1)CC[NH2+]CCCCCCCC(C)(C)N. The summed E-state index contributed by atoms with van der Waals surface area (Å²) in [5.41, 5.74) is 6.08. The first kappa shape index (κ1) is 28.9. The van der Waals surface area contributed by atoms with Crippen LogP contribution in [-0.2, 0) is 0 Å². The minimum Gasteiger partial charge on any atom is -0.346 e. The lowest BCUT2D eigenvalue weighted by atomic mass is 9.87. The molecule has 31 heavy (non-hydrogen) atoms. The topological polar surface area (TPSA) is 45.9 Å². The van der Waals surface area contributed by atoms with Crippen molar-refractivity contribution in [3.63, 3.8) is 0 Å². The third-order valence-corrected chi connectivity index (χ3v) is 7.93. The van der Waals surface area contributed by atoms with Crippen LogP contribution in [0.15, 0.2) is 0 Å². The lowest BCUT2D eigenvalue weighted by molar-refractivity contribution is -1.02. The molecular formula is C27H60N4+2. The summed E-state index contributed by atoms with van der Waals surface area (Å²) in [4.78, 5) is 0. The summed E-state index contributed by atoms with van der Waals surface area (Å²) in [6.45, 7) is 12.0. The van der Waals surface area contributed by atoms with E-state index < -0.39 is 0 Å². The average molecular weight is 441 g/mol. The van der Waals surface area contributed by atoms with Crippen LogP contribution in [0.2, 0.25) is 0 Å². The molecular weight excluding hydrogens is 380 g/mol. The van der Waals surface area contributed by atoms with Crippen LogP contribution >= 0.6 is 0 Å². The van der Waals surface area contributed by atoms with Crippen molar-refractivity contribution in [2.24, 2.45) is 17.6 Å². The second-order valence-electron chi connectivity index (χ2n) is 11.8. The molecule has 0 aromatic heterocycles. The van der Waals surface area contributed by atoms with Crippen LogP contribution in [-0.4, -0.2) is 62.5 Å². The number of hydrogen-bond acceptors (Lipinski definition) is 2. The maximum Gasteiger partial charge on any atom is 0.0964 e. The fourth-order valence-corrected chi connectivity index (χ4v) is 5.30. The van der Waals surface area contributed by atoms with Gasteiger partial charge in [-0.15, -0.1) is 0 Å². The second-order valence-corrected chi connectivity index (χ2v) is 11.8. The molecule has 4 N–H and O–H groups in total. The van der Waals surface area contributed by atoms with E-state index in [-0.39, 0.29) is 5.54 Å². The van der Waals surface area contributed by atoms with Gasteiger partial charge < -0.3 is 11.1 Å². The molecule has 1 heterocycles. The van der Waals surface area contributed by atoms with E-state index in [0.717, 1.165) is 22.8 Å². The van der Waals surface area contributed by atoms with Crippen molar-refractivity contribution in [3.8, 4) is 0 Å². The van der Waals surface area contributed by atoms with Gasteiger partial charge >= 0.3 is 0 Å². The highest BCUT2D eigenvalue weighted by Crippen LogP contribution is 2.28. The van der Waals surface area contributed by atoms with E-state index in [2.05, 4.69) is 52.2 Å². The Balaban J connectivity index is 2.03. The molecule has 4 nitrogen and oxygen atoms in total. The van der Waals surface area contributed by atoms with E-state index in [1.54, 1.807) is 0 Å².